The van der Waals surface area contributed by atoms with Crippen molar-refractivity contribution in [1.82, 2.24) is 0 Å². The second kappa shape index (κ2) is 27.2. The third-order valence-corrected chi connectivity index (χ3v) is 15.9. The minimum absolute atomic E-state index is 0.00940. The van der Waals surface area contributed by atoms with Crippen LogP contribution in [0.2, 0.25) is 0 Å². The van der Waals surface area contributed by atoms with Crippen molar-refractivity contribution in [2.24, 2.45) is 77.8 Å². The van der Waals surface area contributed by atoms with Crippen LogP contribution in [0.1, 0.15) is 265 Å². The molecule has 16 unspecified atom stereocenters. The molecule has 4 fully saturated rings. The Labute approximate surface area is 471 Å². The van der Waals surface area contributed by atoms with E-state index in [9.17, 15) is 30.6 Å². The number of ether oxygens (including phenoxy) is 3. The fourth-order valence-electron chi connectivity index (χ4n) is 12.0. The van der Waals surface area contributed by atoms with E-state index in [1.165, 1.54) is 12.8 Å². The van der Waals surface area contributed by atoms with Crippen molar-refractivity contribution in [3.63, 3.8) is 0 Å². The van der Waals surface area contributed by atoms with Crippen LogP contribution in [-0.4, -0.2) is 104 Å². The molecule has 9 nitrogen and oxygen atoms in total. The van der Waals surface area contributed by atoms with Crippen LogP contribution in [0.5, 0.6) is 0 Å². The summed E-state index contributed by atoms with van der Waals surface area (Å²) in [5, 5.41) is 60.1. The van der Waals surface area contributed by atoms with Crippen molar-refractivity contribution in [2.75, 3.05) is 0 Å². The van der Waals surface area contributed by atoms with Gasteiger partial charge in [0.2, 0.25) is 0 Å². The number of hydrogen-bond donors (Lipinski definition) is 6. The SMILES string of the molecule is CC(C)(C)CC1C=CC(C(C)(C)C)C1.CC(C)(C)CC1CC(C(C)(C)C)C(O)C1O.CC(C)(C)CC1CC(O)C(C(C)(C)C)O1.CC(C)(C)CC1OC(C(C)(C)C)C(O)C1O.CC(C)(C)CC1OC(C(C)(C)C)CC1O. The van der Waals surface area contributed by atoms with E-state index in [2.05, 4.69) is 199 Å². The zero-order chi connectivity index (χ0) is 60.1. The lowest BCUT2D eigenvalue weighted by Gasteiger charge is -2.30. The van der Waals surface area contributed by atoms with Crippen LogP contribution in [0.25, 0.3) is 0 Å². The Morgan fingerprint density at radius 3 is 1.12 bits per heavy atom. The molecule has 454 valence electrons. The fraction of sp³-hybridized carbons (Fsp3) is 0.970. The molecule has 0 radical (unpaired) electrons. The molecule has 3 aliphatic heterocycles. The van der Waals surface area contributed by atoms with E-state index in [1.54, 1.807) is 0 Å². The third-order valence-electron chi connectivity index (χ3n) is 15.9. The van der Waals surface area contributed by atoms with Crippen LogP contribution < -0.4 is 0 Å². The minimum Gasteiger partial charge on any atom is -0.390 e. The van der Waals surface area contributed by atoms with Gasteiger partial charge in [-0.25, -0.2) is 0 Å². The molecule has 5 rings (SSSR count). The van der Waals surface area contributed by atoms with Crippen LogP contribution in [0.3, 0.4) is 0 Å². The van der Waals surface area contributed by atoms with Gasteiger partial charge < -0.3 is 44.8 Å². The van der Waals surface area contributed by atoms with Gasteiger partial charge in [-0.05, 0) is 123 Å². The Bertz CT molecular complexity index is 1630. The van der Waals surface area contributed by atoms with Crippen molar-refractivity contribution < 1.29 is 44.8 Å². The number of hydrogen-bond acceptors (Lipinski definition) is 9. The highest BCUT2D eigenvalue weighted by molar-refractivity contribution is 5.06. The largest absolute Gasteiger partial charge is 0.390 e. The van der Waals surface area contributed by atoms with Gasteiger partial charge in [0, 0.05) is 12.8 Å². The first-order valence-electron chi connectivity index (χ1n) is 30.1. The molecule has 0 bridgehead atoms. The second-order valence-electron chi connectivity index (χ2n) is 36.2. The van der Waals surface area contributed by atoms with E-state index in [4.69, 9.17) is 14.2 Å². The predicted octanol–water partition coefficient (Wildman–Crippen LogP) is 15.4. The Morgan fingerprint density at radius 1 is 0.342 bits per heavy atom. The van der Waals surface area contributed by atoms with E-state index in [1.807, 2.05) is 20.8 Å². The van der Waals surface area contributed by atoms with Crippen molar-refractivity contribution in [2.45, 2.75) is 339 Å². The average Bonchev–Trinajstić information content (AvgIpc) is 3.97. The summed E-state index contributed by atoms with van der Waals surface area (Å²) in [7, 11) is 0. The molecule has 0 aromatic carbocycles. The maximum absolute atomic E-state index is 10.1. The molecular formula is C67H132O9. The summed E-state index contributed by atoms with van der Waals surface area (Å²) < 4.78 is 17.8. The van der Waals surface area contributed by atoms with Crippen LogP contribution >= 0.6 is 0 Å². The summed E-state index contributed by atoms with van der Waals surface area (Å²) in [5.74, 6) is 2.07. The summed E-state index contributed by atoms with van der Waals surface area (Å²) in [4.78, 5) is 0. The Balaban J connectivity index is 0.000000475. The molecule has 3 saturated heterocycles. The molecule has 3 heterocycles. The van der Waals surface area contributed by atoms with E-state index in [0.29, 0.717) is 10.8 Å². The smallest absolute Gasteiger partial charge is 0.109 e. The normalized spacial score (nSPS) is 33.9. The topological polar surface area (TPSA) is 149 Å². The summed E-state index contributed by atoms with van der Waals surface area (Å²) in [6.07, 6.45) is 10.5. The number of aliphatic hydroxyl groups excluding tert-OH is 6. The van der Waals surface area contributed by atoms with E-state index in [-0.39, 0.29) is 104 Å². The molecule has 0 aromatic rings. The third kappa shape index (κ3) is 27.0. The van der Waals surface area contributed by atoms with Crippen molar-refractivity contribution >= 4 is 0 Å². The minimum atomic E-state index is -0.771. The quantitative estimate of drug-likeness (QED) is 0.148. The van der Waals surface area contributed by atoms with Crippen LogP contribution in [0, 0.1) is 77.8 Å². The standard InChI is InChI=1S/C14H28O2.C14H26.C13H26O3.2C13H26O2/c1-13(2,3)8-9-7-10(14(4,5)6)12(16)11(9)15;1-13(2,3)10-11-7-8-12(9-11)14(4,5)6;1-12(2,3)7-8-9(14)10(15)11(16-8)13(4,5)6;1-12(2,3)8-10-9(14)7-11(15-10)13(4,5)6;1-12(2,3)8-9-7-10(14)11(15-9)13(4,5)6/h9-12,15-16H,7-8H2,1-6H3;7-8,11-12H,9-10H2,1-6H3;8-11,14-15H,7H2,1-6H3;2*9-11,14H,7-8H2,1-6H3. The Hall–Kier alpha value is -0.620. The van der Waals surface area contributed by atoms with Crippen LogP contribution in [0.15, 0.2) is 12.2 Å². The maximum Gasteiger partial charge on any atom is 0.109 e. The molecule has 0 aromatic heterocycles. The zero-order valence-corrected chi connectivity index (χ0v) is 55.7. The van der Waals surface area contributed by atoms with Gasteiger partial charge in [0.15, 0.2) is 0 Å². The summed E-state index contributed by atoms with van der Waals surface area (Å²) in [6, 6.07) is 0. The van der Waals surface area contributed by atoms with Gasteiger partial charge in [-0.15, -0.1) is 0 Å². The lowest BCUT2D eigenvalue weighted by atomic mass is 9.77. The van der Waals surface area contributed by atoms with Gasteiger partial charge in [0.05, 0.1) is 61.0 Å². The van der Waals surface area contributed by atoms with Crippen LogP contribution in [-0.2, 0) is 14.2 Å². The molecule has 16 atom stereocenters. The highest BCUT2D eigenvalue weighted by Gasteiger charge is 2.49. The zero-order valence-electron chi connectivity index (χ0n) is 55.7. The molecule has 1 saturated carbocycles. The molecule has 6 N–H and O–H groups in total. The first kappa shape index (κ1) is 73.4. The lowest BCUT2D eigenvalue weighted by molar-refractivity contribution is -0.0599. The molecule has 0 amide bonds. The molecule has 0 spiro atoms. The number of aliphatic hydroxyl groups is 6. The van der Waals surface area contributed by atoms with Gasteiger partial charge in [-0.2, -0.15) is 0 Å². The van der Waals surface area contributed by atoms with Gasteiger partial charge in [0.25, 0.3) is 0 Å². The maximum atomic E-state index is 10.1. The van der Waals surface area contributed by atoms with Crippen molar-refractivity contribution in [1.29, 1.82) is 0 Å². The first-order chi connectivity index (χ1) is 33.4. The lowest BCUT2D eigenvalue weighted by Crippen LogP contribution is -2.39. The fourth-order valence-corrected chi connectivity index (χ4v) is 12.0. The summed E-state index contributed by atoms with van der Waals surface area (Å²) in [6.45, 7) is 65.6. The summed E-state index contributed by atoms with van der Waals surface area (Å²) >= 11 is 0. The van der Waals surface area contributed by atoms with E-state index in [0.717, 1.165) is 56.8 Å². The van der Waals surface area contributed by atoms with Gasteiger partial charge in [-0.3, -0.25) is 0 Å². The molecular weight excluding hydrogens is 949 g/mol. The highest BCUT2D eigenvalue weighted by atomic mass is 16.5. The van der Waals surface area contributed by atoms with Crippen molar-refractivity contribution in [3.8, 4) is 0 Å². The van der Waals surface area contributed by atoms with Crippen LogP contribution in [0.4, 0.5) is 0 Å². The van der Waals surface area contributed by atoms with Crippen molar-refractivity contribution in [3.05, 3.63) is 12.2 Å². The molecule has 76 heavy (non-hydrogen) atoms. The Morgan fingerprint density at radius 2 is 0.789 bits per heavy atom. The number of rotatable bonds is 5. The molecule has 9 heteroatoms. The van der Waals surface area contributed by atoms with Gasteiger partial charge in [-0.1, -0.05) is 220 Å². The number of allylic oxidation sites excluding steroid dienone is 2. The van der Waals surface area contributed by atoms with Gasteiger partial charge >= 0.3 is 0 Å². The Kier molecular flexibility index (Phi) is 26.3. The summed E-state index contributed by atoms with van der Waals surface area (Å²) in [5.41, 5.74) is 1.83. The average molecular weight is 1080 g/mol. The molecule has 5 aliphatic rings. The second-order valence-corrected chi connectivity index (χ2v) is 36.2. The predicted molar refractivity (Wildman–Crippen MR) is 321 cm³/mol. The van der Waals surface area contributed by atoms with Gasteiger partial charge in [0.1, 0.15) is 12.2 Å². The van der Waals surface area contributed by atoms with E-state index < -0.39 is 24.4 Å². The molecule has 2 aliphatic carbocycles. The highest BCUT2D eigenvalue weighted by Crippen LogP contribution is 2.47. The monoisotopic (exact) mass is 1080 g/mol. The first-order valence-corrected chi connectivity index (χ1v) is 30.1. The van der Waals surface area contributed by atoms with E-state index >= 15 is 0 Å².